The maximum atomic E-state index is 6.33. The third kappa shape index (κ3) is 3.08. The summed E-state index contributed by atoms with van der Waals surface area (Å²) in [5.74, 6) is 1.89. The molecule has 1 fully saturated rings. The molecule has 1 unspecified atom stereocenters. The Morgan fingerprint density at radius 1 is 1.38 bits per heavy atom. The highest BCUT2D eigenvalue weighted by molar-refractivity contribution is 6.20. The molecule has 2 heterocycles. The Hall–Kier alpha value is -1.09. The van der Waals surface area contributed by atoms with E-state index in [1.807, 2.05) is 19.2 Å². The van der Waals surface area contributed by atoms with Gasteiger partial charge in [0.05, 0.1) is 5.38 Å². The molecule has 4 heteroatoms. The fraction of sp³-hybridized carbons (Fsp3) is 0.647. The van der Waals surface area contributed by atoms with Crippen LogP contribution in [-0.4, -0.2) is 14.5 Å². The van der Waals surface area contributed by atoms with E-state index in [2.05, 4.69) is 16.5 Å². The predicted molar refractivity (Wildman–Crippen MR) is 87.7 cm³/mol. The van der Waals surface area contributed by atoms with E-state index < -0.39 is 0 Å². The predicted octanol–water partition coefficient (Wildman–Crippen LogP) is 5.01. The number of nitrogens with zero attached hydrogens (tertiary/aromatic N) is 3. The summed E-state index contributed by atoms with van der Waals surface area (Å²) in [5, 5.41) is -0.0786. The number of aromatic nitrogens is 3. The standard InChI is InChI=1S/C17H24ClN3/c1-12-9-10-19-17-15(12)20-16(13(2)18)21(17)11-5-8-14-6-3-4-7-14/h9-10,13-14H,3-8,11H2,1-2H3. The van der Waals surface area contributed by atoms with Gasteiger partial charge in [0.1, 0.15) is 11.3 Å². The van der Waals surface area contributed by atoms with Crippen molar-refractivity contribution >= 4 is 22.8 Å². The molecule has 0 aromatic carbocycles. The Labute approximate surface area is 131 Å². The molecule has 3 rings (SSSR count). The maximum absolute atomic E-state index is 6.33. The molecule has 114 valence electrons. The Balaban J connectivity index is 1.81. The second kappa shape index (κ2) is 6.35. The number of hydrogen-bond donors (Lipinski definition) is 0. The molecule has 0 bridgehead atoms. The second-order valence-electron chi connectivity index (χ2n) is 6.33. The van der Waals surface area contributed by atoms with Crippen LogP contribution in [0.3, 0.4) is 0 Å². The lowest BCUT2D eigenvalue weighted by atomic mass is 10.0. The monoisotopic (exact) mass is 305 g/mol. The summed E-state index contributed by atoms with van der Waals surface area (Å²) in [7, 11) is 0. The van der Waals surface area contributed by atoms with Gasteiger partial charge in [0.2, 0.25) is 0 Å². The normalized spacial score (nSPS) is 17.7. The first-order valence-corrected chi connectivity index (χ1v) is 8.56. The van der Waals surface area contributed by atoms with Crippen molar-refractivity contribution in [2.75, 3.05) is 0 Å². The van der Waals surface area contributed by atoms with Crippen molar-refractivity contribution in [3.05, 3.63) is 23.7 Å². The highest BCUT2D eigenvalue weighted by Crippen LogP contribution is 2.30. The lowest BCUT2D eigenvalue weighted by molar-refractivity contribution is 0.457. The van der Waals surface area contributed by atoms with Crippen LogP contribution in [0.25, 0.3) is 11.2 Å². The Bertz CT molecular complexity index is 612. The molecule has 0 saturated heterocycles. The van der Waals surface area contributed by atoms with Crippen LogP contribution >= 0.6 is 11.6 Å². The molecule has 0 N–H and O–H groups in total. The van der Waals surface area contributed by atoms with Crippen LogP contribution < -0.4 is 0 Å². The molecule has 21 heavy (non-hydrogen) atoms. The minimum absolute atomic E-state index is 0.0786. The van der Waals surface area contributed by atoms with Crippen molar-refractivity contribution in [3.8, 4) is 0 Å². The molecule has 1 atom stereocenters. The highest BCUT2D eigenvalue weighted by atomic mass is 35.5. The van der Waals surface area contributed by atoms with Crippen molar-refractivity contribution in [2.24, 2.45) is 5.92 Å². The van der Waals surface area contributed by atoms with Gasteiger partial charge in [-0.05, 0) is 44.2 Å². The number of pyridine rings is 1. The summed E-state index contributed by atoms with van der Waals surface area (Å²) in [5.41, 5.74) is 3.16. The van der Waals surface area contributed by atoms with Gasteiger partial charge in [-0.15, -0.1) is 11.6 Å². The zero-order chi connectivity index (χ0) is 14.8. The molecule has 0 amide bonds. The van der Waals surface area contributed by atoms with E-state index >= 15 is 0 Å². The molecular weight excluding hydrogens is 282 g/mol. The molecule has 0 aliphatic heterocycles. The first-order valence-electron chi connectivity index (χ1n) is 8.12. The Kier molecular flexibility index (Phi) is 4.48. The van der Waals surface area contributed by atoms with Crippen molar-refractivity contribution in [2.45, 2.75) is 64.3 Å². The molecule has 2 aromatic heterocycles. The zero-order valence-electron chi connectivity index (χ0n) is 13.0. The highest BCUT2D eigenvalue weighted by Gasteiger charge is 2.18. The molecule has 1 saturated carbocycles. The average Bonchev–Trinajstić information content (AvgIpc) is 3.08. The third-order valence-corrected chi connectivity index (χ3v) is 4.89. The van der Waals surface area contributed by atoms with Crippen molar-refractivity contribution in [1.29, 1.82) is 0 Å². The molecule has 1 aliphatic carbocycles. The minimum atomic E-state index is -0.0786. The molecule has 0 spiro atoms. The number of aryl methyl sites for hydroxylation is 2. The van der Waals surface area contributed by atoms with E-state index in [0.717, 1.165) is 29.5 Å². The largest absolute Gasteiger partial charge is 0.311 e. The van der Waals surface area contributed by atoms with Crippen LogP contribution in [0, 0.1) is 12.8 Å². The molecular formula is C17H24ClN3. The van der Waals surface area contributed by atoms with Crippen LogP contribution in [0.4, 0.5) is 0 Å². The first-order chi connectivity index (χ1) is 10.2. The van der Waals surface area contributed by atoms with E-state index in [0.29, 0.717) is 0 Å². The van der Waals surface area contributed by atoms with Gasteiger partial charge in [0.15, 0.2) is 5.65 Å². The summed E-state index contributed by atoms with van der Waals surface area (Å²) in [6.45, 7) is 5.06. The lowest BCUT2D eigenvalue weighted by Gasteiger charge is -2.12. The van der Waals surface area contributed by atoms with Crippen molar-refractivity contribution in [3.63, 3.8) is 0 Å². The molecule has 2 aromatic rings. The van der Waals surface area contributed by atoms with E-state index in [1.165, 1.54) is 44.1 Å². The second-order valence-corrected chi connectivity index (χ2v) is 6.99. The summed E-state index contributed by atoms with van der Waals surface area (Å²) in [6.07, 6.45) is 10.1. The maximum Gasteiger partial charge on any atom is 0.160 e. The number of hydrogen-bond acceptors (Lipinski definition) is 2. The van der Waals surface area contributed by atoms with Gasteiger partial charge in [-0.3, -0.25) is 0 Å². The smallest absolute Gasteiger partial charge is 0.160 e. The van der Waals surface area contributed by atoms with E-state index in [1.54, 1.807) is 0 Å². The first kappa shape index (κ1) is 14.8. The zero-order valence-corrected chi connectivity index (χ0v) is 13.7. The van der Waals surface area contributed by atoms with E-state index in [-0.39, 0.29) is 5.38 Å². The fourth-order valence-corrected chi connectivity index (χ4v) is 3.68. The average molecular weight is 306 g/mol. The minimum Gasteiger partial charge on any atom is -0.311 e. The van der Waals surface area contributed by atoms with Crippen LogP contribution in [0.15, 0.2) is 12.3 Å². The van der Waals surface area contributed by atoms with Crippen molar-refractivity contribution in [1.82, 2.24) is 14.5 Å². The summed E-state index contributed by atoms with van der Waals surface area (Å²) in [4.78, 5) is 9.27. The quantitative estimate of drug-likeness (QED) is 0.727. The van der Waals surface area contributed by atoms with E-state index in [4.69, 9.17) is 16.6 Å². The van der Waals surface area contributed by atoms with Gasteiger partial charge >= 0.3 is 0 Å². The fourth-order valence-electron chi connectivity index (χ4n) is 3.52. The molecule has 0 radical (unpaired) electrons. The van der Waals surface area contributed by atoms with Gasteiger partial charge in [-0.25, -0.2) is 9.97 Å². The van der Waals surface area contributed by atoms with Crippen LogP contribution in [0.1, 0.15) is 62.2 Å². The Morgan fingerprint density at radius 3 is 2.86 bits per heavy atom. The topological polar surface area (TPSA) is 30.7 Å². The Morgan fingerprint density at radius 2 is 2.14 bits per heavy atom. The lowest BCUT2D eigenvalue weighted by Crippen LogP contribution is -2.07. The molecule has 1 aliphatic rings. The van der Waals surface area contributed by atoms with Crippen LogP contribution in [0.2, 0.25) is 0 Å². The van der Waals surface area contributed by atoms with Gasteiger partial charge in [-0.1, -0.05) is 25.7 Å². The number of fused-ring (bicyclic) bond motifs is 1. The van der Waals surface area contributed by atoms with E-state index in [9.17, 15) is 0 Å². The number of halogens is 1. The van der Waals surface area contributed by atoms with Gasteiger partial charge in [0, 0.05) is 12.7 Å². The third-order valence-electron chi connectivity index (χ3n) is 4.69. The van der Waals surface area contributed by atoms with Gasteiger partial charge in [0.25, 0.3) is 0 Å². The van der Waals surface area contributed by atoms with Crippen LogP contribution in [0.5, 0.6) is 0 Å². The summed E-state index contributed by atoms with van der Waals surface area (Å²) in [6, 6.07) is 2.01. The number of alkyl halides is 1. The number of rotatable bonds is 5. The van der Waals surface area contributed by atoms with Crippen LogP contribution in [-0.2, 0) is 6.54 Å². The summed E-state index contributed by atoms with van der Waals surface area (Å²) >= 11 is 6.33. The van der Waals surface area contributed by atoms with Gasteiger partial charge in [-0.2, -0.15) is 0 Å². The molecule has 3 nitrogen and oxygen atoms in total. The summed E-state index contributed by atoms with van der Waals surface area (Å²) < 4.78 is 2.23. The van der Waals surface area contributed by atoms with Crippen molar-refractivity contribution < 1.29 is 0 Å². The number of imidazole rings is 1. The SMILES string of the molecule is Cc1ccnc2c1nc(C(C)Cl)n2CCCC1CCCC1. The van der Waals surface area contributed by atoms with Gasteiger partial charge < -0.3 is 4.57 Å².